The Morgan fingerprint density at radius 3 is 2.55 bits per heavy atom. The summed E-state index contributed by atoms with van der Waals surface area (Å²) < 4.78 is 27.6. The molecule has 1 amide bonds. The lowest BCUT2D eigenvalue weighted by Crippen LogP contribution is -2.31. The highest BCUT2D eigenvalue weighted by molar-refractivity contribution is 7.89. The fourth-order valence-corrected chi connectivity index (χ4v) is 4.31. The van der Waals surface area contributed by atoms with Crippen molar-refractivity contribution in [3.63, 3.8) is 0 Å². The first kappa shape index (κ1) is 20.9. The second-order valence-corrected chi connectivity index (χ2v) is 9.03. The number of hydrogen-bond donors (Lipinski definition) is 1. The predicted octanol–water partition coefficient (Wildman–Crippen LogP) is 3.18. The first-order valence-electron chi connectivity index (χ1n) is 9.24. The van der Waals surface area contributed by atoms with Crippen molar-refractivity contribution in [2.75, 3.05) is 7.05 Å². The average molecular weight is 417 g/mol. The van der Waals surface area contributed by atoms with Crippen molar-refractivity contribution >= 4 is 21.6 Å². The summed E-state index contributed by atoms with van der Waals surface area (Å²) in [4.78, 5) is 25.1. The van der Waals surface area contributed by atoms with Crippen molar-refractivity contribution < 1.29 is 18.1 Å². The zero-order chi connectivity index (χ0) is 21.3. The number of benzene rings is 2. The van der Waals surface area contributed by atoms with E-state index in [1.54, 1.807) is 39.1 Å². The van der Waals surface area contributed by atoms with Crippen LogP contribution in [0.4, 0.5) is 5.69 Å². The molecule has 9 heteroatoms. The average Bonchev–Trinajstić information content (AvgIpc) is 3.49. The molecular formula is C20H23N3O5S. The van der Waals surface area contributed by atoms with Gasteiger partial charge in [-0.25, -0.2) is 13.1 Å². The lowest BCUT2D eigenvalue weighted by Gasteiger charge is -2.26. The van der Waals surface area contributed by atoms with E-state index in [1.165, 1.54) is 29.2 Å². The summed E-state index contributed by atoms with van der Waals surface area (Å²) in [7, 11) is -2.09. The number of non-ortho nitro benzene ring substituents is 1. The molecule has 8 nitrogen and oxygen atoms in total. The Bertz CT molecular complexity index is 1060. The van der Waals surface area contributed by atoms with Gasteiger partial charge in [-0.05, 0) is 49.9 Å². The minimum Gasteiger partial charge on any atom is -0.335 e. The molecule has 3 rings (SSSR count). The van der Waals surface area contributed by atoms with E-state index in [1.807, 2.05) is 0 Å². The molecule has 0 radical (unpaired) electrons. The van der Waals surface area contributed by atoms with Crippen molar-refractivity contribution in [3.05, 3.63) is 69.3 Å². The molecule has 1 aliphatic rings. The molecule has 0 saturated heterocycles. The third-order valence-corrected chi connectivity index (χ3v) is 6.63. The molecule has 2 aromatic carbocycles. The Balaban J connectivity index is 1.88. The van der Waals surface area contributed by atoms with Gasteiger partial charge in [-0.15, -0.1) is 0 Å². The van der Waals surface area contributed by atoms with E-state index in [0.717, 1.165) is 12.8 Å². The fraction of sp³-hybridized carbons (Fsp3) is 0.350. The summed E-state index contributed by atoms with van der Waals surface area (Å²) in [5.41, 5.74) is 1.50. The normalized spacial score (nSPS) is 15.0. The lowest BCUT2D eigenvalue weighted by atomic mass is 10.0. The molecule has 0 heterocycles. The van der Waals surface area contributed by atoms with Crippen LogP contribution < -0.4 is 4.72 Å². The molecule has 0 bridgehead atoms. The van der Waals surface area contributed by atoms with Crippen LogP contribution >= 0.6 is 0 Å². The van der Waals surface area contributed by atoms with Gasteiger partial charge in [0, 0.05) is 30.8 Å². The van der Waals surface area contributed by atoms with Crippen molar-refractivity contribution in [2.24, 2.45) is 0 Å². The maximum Gasteiger partial charge on any atom is 0.269 e. The second-order valence-electron chi connectivity index (χ2n) is 7.32. The van der Waals surface area contributed by atoms with E-state index in [-0.39, 0.29) is 28.1 Å². The second kappa shape index (κ2) is 7.92. The highest BCUT2D eigenvalue weighted by atomic mass is 32.2. The van der Waals surface area contributed by atoms with Crippen LogP contribution in [-0.4, -0.2) is 37.2 Å². The van der Waals surface area contributed by atoms with Gasteiger partial charge in [-0.3, -0.25) is 14.9 Å². The first-order chi connectivity index (χ1) is 13.6. The van der Waals surface area contributed by atoms with Crippen molar-refractivity contribution in [1.82, 2.24) is 9.62 Å². The maximum atomic E-state index is 13.1. The standard InChI is InChI=1S/C20H23N3O5S/c1-13-7-10-18(29(27,28)21-16-8-9-16)12-19(13)20(24)22(3)14(2)15-5-4-6-17(11-15)23(25)26/h4-7,10-12,14,16,21H,8-9H2,1-3H3. The van der Waals surface area contributed by atoms with Gasteiger partial charge in [-0.2, -0.15) is 0 Å². The molecule has 154 valence electrons. The molecule has 1 atom stereocenters. The van der Waals surface area contributed by atoms with E-state index in [9.17, 15) is 23.3 Å². The SMILES string of the molecule is Cc1ccc(S(=O)(=O)NC2CC2)cc1C(=O)N(C)C(C)c1cccc([N+](=O)[O-])c1. The number of nitro benzene ring substituents is 1. The van der Waals surface area contributed by atoms with E-state index >= 15 is 0 Å². The summed E-state index contributed by atoms with van der Waals surface area (Å²) in [6.07, 6.45) is 1.64. The quantitative estimate of drug-likeness (QED) is 0.550. The third-order valence-electron chi connectivity index (χ3n) is 5.11. The Kier molecular flexibility index (Phi) is 5.72. The van der Waals surface area contributed by atoms with Crippen LogP contribution in [-0.2, 0) is 10.0 Å². The molecule has 1 aliphatic carbocycles. The molecule has 0 aromatic heterocycles. The summed E-state index contributed by atoms with van der Waals surface area (Å²) in [6.45, 7) is 3.51. The minimum absolute atomic E-state index is 0.0305. The van der Waals surface area contributed by atoms with E-state index < -0.39 is 21.0 Å². The smallest absolute Gasteiger partial charge is 0.269 e. The predicted molar refractivity (Wildman–Crippen MR) is 108 cm³/mol. The van der Waals surface area contributed by atoms with E-state index in [4.69, 9.17) is 0 Å². The van der Waals surface area contributed by atoms with Gasteiger partial charge in [0.25, 0.3) is 11.6 Å². The van der Waals surface area contributed by atoms with Gasteiger partial charge >= 0.3 is 0 Å². The molecule has 2 aromatic rings. The molecule has 1 unspecified atom stereocenters. The molecule has 1 saturated carbocycles. The van der Waals surface area contributed by atoms with E-state index in [2.05, 4.69) is 4.72 Å². The zero-order valence-electron chi connectivity index (χ0n) is 16.5. The van der Waals surface area contributed by atoms with Gasteiger partial charge in [0.2, 0.25) is 10.0 Å². The highest BCUT2D eigenvalue weighted by Crippen LogP contribution is 2.27. The maximum absolute atomic E-state index is 13.1. The summed E-state index contributed by atoms with van der Waals surface area (Å²) >= 11 is 0. The Hall–Kier alpha value is -2.78. The van der Waals surface area contributed by atoms with Crippen molar-refractivity contribution in [1.29, 1.82) is 0 Å². The van der Waals surface area contributed by atoms with Gasteiger partial charge in [0.1, 0.15) is 0 Å². The van der Waals surface area contributed by atoms with Gasteiger partial charge < -0.3 is 4.90 Å². The number of nitrogens with zero attached hydrogens (tertiary/aromatic N) is 2. The Morgan fingerprint density at radius 2 is 1.93 bits per heavy atom. The molecular weight excluding hydrogens is 394 g/mol. The number of nitrogens with one attached hydrogen (secondary N) is 1. The van der Waals surface area contributed by atoms with Crippen LogP contribution in [0.5, 0.6) is 0 Å². The van der Waals surface area contributed by atoms with Gasteiger partial charge in [-0.1, -0.05) is 18.2 Å². The Labute approximate surface area is 169 Å². The van der Waals surface area contributed by atoms with Crippen LogP contribution in [0.1, 0.15) is 47.3 Å². The van der Waals surface area contributed by atoms with E-state index in [0.29, 0.717) is 11.1 Å². The molecule has 1 fully saturated rings. The van der Waals surface area contributed by atoms with Crippen LogP contribution in [0.2, 0.25) is 0 Å². The first-order valence-corrected chi connectivity index (χ1v) is 10.7. The van der Waals surface area contributed by atoms with Crippen LogP contribution in [0.15, 0.2) is 47.4 Å². The topological polar surface area (TPSA) is 110 Å². The fourth-order valence-electron chi connectivity index (χ4n) is 2.98. The molecule has 0 spiro atoms. The Morgan fingerprint density at radius 1 is 1.24 bits per heavy atom. The zero-order valence-corrected chi connectivity index (χ0v) is 17.3. The third kappa shape index (κ3) is 4.63. The van der Waals surface area contributed by atoms with Crippen LogP contribution in [0.25, 0.3) is 0 Å². The number of sulfonamides is 1. The largest absolute Gasteiger partial charge is 0.335 e. The van der Waals surface area contributed by atoms with Crippen molar-refractivity contribution in [3.8, 4) is 0 Å². The molecule has 1 N–H and O–H groups in total. The van der Waals surface area contributed by atoms with Crippen LogP contribution in [0.3, 0.4) is 0 Å². The van der Waals surface area contributed by atoms with Crippen molar-refractivity contribution in [2.45, 2.75) is 43.7 Å². The van der Waals surface area contributed by atoms with Gasteiger partial charge in [0.05, 0.1) is 15.9 Å². The monoisotopic (exact) mass is 417 g/mol. The number of hydrogen-bond acceptors (Lipinski definition) is 5. The summed E-state index contributed by atoms with van der Waals surface area (Å²) in [5, 5.41) is 11.0. The number of amides is 1. The minimum atomic E-state index is -3.68. The number of carbonyl (C=O) groups excluding carboxylic acids is 1. The molecule has 29 heavy (non-hydrogen) atoms. The van der Waals surface area contributed by atoms with Crippen LogP contribution in [0, 0.1) is 17.0 Å². The number of aryl methyl sites for hydroxylation is 1. The lowest BCUT2D eigenvalue weighted by molar-refractivity contribution is -0.384. The number of nitro groups is 1. The molecule has 0 aliphatic heterocycles. The highest BCUT2D eigenvalue weighted by Gasteiger charge is 2.29. The number of rotatable bonds is 7. The van der Waals surface area contributed by atoms with Gasteiger partial charge in [0.15, 0.2) is 0 Å². The number of carbonyl (C=O) groups is 1. The summed E-state index contributed by atoms with van der Waals surface area (Å²) in [5.74, 6) is -0.357. The summed E-state index contributed by atoms with van der Waals surface area (Å²) in [6, 6.07) is 10.1.